The van der Waals surface area contributed by atoms with Crippen molar-refractivity contribution in [3.05, 3.63) is 121 Å². The number of H-pyrrole nitrogens is 2. The van der Waals surface area contributed by atoms with Gasteiger partial charge in [-0.1, -0.05) is 36.4 Å². The summed E-state index contributed by atoms with van der Waals surface area (Å²) in [6, 6.07) is 27.8. The number of hydrogen-bond donors (Lipinski definition) is 3. The topological polar surface area (TPSA) is 99.3 Å². The zero-order chi connectivity index (χ0) is 27.8. The van der Waals surface area contributed by atoms with Crippen LogP contribution in [0.5, 0.6) is 0 Å². The van der Waals surface area contributed by atoms with Crippen molar-refractivity contribution in [3.8, 4) is 33.8 Å². The number of amides is 1. The monoisotopic (exact) mass is 538 g/mol. The normalized spacial score (nSPS) is 11.2. The van der Waals surface area contributed by atoms with Crippen molar-refractivity contribution in [2.24, 2.45) is 0 Å². The minimum absolute atomic E-state index is 0.101. The minimum atomic E-state index is -0.287. The second-order valence-electron chi connectivity index (χ2n) is 9.82. The number of rotatable bonds is 6. The van der Waals surface area contributed by atoms with Crippen molar-refractivity contribution >= 4 is 33.4 Å². The lowest BCUT2D eigenvalue weighted by molar-refractivity contribution is -0.115. The van der Waals surface area contributed by atoms with Crippen molar-refractivity contribution in [2.75, 3.05) is 5.32 Å². The molecule has 7 rings (SSSR count). The first kappa shape index (κ1) is 24.4. The number of benzene rings is 3. The number of fused-ring (bicyclic) bond motifs is 2. The van der Waals surface area contributed by atoms with Crippen molar-refractivity contribution in [2.45, 2.75) is 6.42 Å². The number of hydrogen-bond acceptors (Lipinski definition) is 4. The van der Waals surface area contributed by atoms with Crippen LogP contribution in [0.2, 0.25) is 0 Å². The summed E-state index contributed by atoms with van der Waals surface area (Å²) in [6.45, 7) is 0. The van der Waals surface area contributed by atoms with E-state index >= 15 is 0 Å². The standard InChI is InChI=1S/C33H23FN6O/c34-24-9-6-21(7-10-24)32-27-17-30(38-28(27)12-13-36-32)33-26-16-22(8-11-29(26)39-40-33)23-15-25(19-35-18-23)37-31(41)14-20-4-2-1-3-5-20/h1-13,15-19,38H,14H2,(H,37,41)(H,39,40). The molecule has 0 aliphatic carbocycles. The Hall–Kier alpha value is -5.63. The Kier molecular flexibility index (Phi) is 6.05. The molecule has 8 heteroatoms. The molecule has 0 aliphatic rings. The summed E-state index contributed by atoms with van der Waals surface area (Å²) in [7, 11) is 0. The van der Waals surface area contributed by atoms with E-state index in [1.165, 1.54) is 12.1 Å². The van der Waals surface area contributed by atoms with Gasteiger partial charge in [-0.15, -0.1) is 0 Å². The van der Waals surface area contributed by atoms with Crippen LogP contribution in [-0.2, 0) is 11.2 Å². The number of nitrogens with one attached hydrogen (secondary N) is 3. The fourth-order valence-corrected chi connectivity index (χ4v) is 5.07. The van der Waals surface area contributed by atoms with Crippen LogP contribution in [-0.4, -0.2) is 31.1 Å². The summed E-state index contributed by atoms with van der Waals surface area (Å²) in [6.07, 6.45) is 5.45. The fourth-order valence-electron chi connectivity index (χ4n) is 5.07. The predicted molar refractivity (Wildman–Crippen MR) is 159 cm³/mol. The van der Waals surface area contributed by atoms with E-state index in [0.29, 0.717) is 5.69 Å². The molecule has 4 aromatic heterocycles. The number of aromatic nitrogens is 5. The maximum Gasteiger partial charge on any atom is 0.228 e. The highest BCUT2D eigenvalue weighted by atomic mass is 19.1. The van der Waals surface area contributed by atoms with Crippen LogP contribution in [0.4, 0.5) is 10.1 Å². The highest BCUT2D eigenvalue weighted by molar-refractivity contribution is 6.01. The summed E-state index contributed by atoms with van der Waals surface area (Å²) in [5, 5.41) is 12.5. The van der Waals surface area contributed by atoms with E-state index in [2.05, 4.69) is 36.5 Å². The Morgan fingerprint density at radius 3 is 2.44 bits per heavy atom. The lowest BCUT2D eigenvalue weighted by atomic mass is 10.0. The van der Waals surface area contributed by atoms with Gasteiger partial charge in [0.05, 0.1) is 35.2 Å². The molecule has 0 saturated carbocycles. The van der Waals surface area contributed by atoms with Gasteiger partial charge in [-0.05, 0) is 65.7 Å². The van der Waals surface area contributed by atoms with Crippen LogP contribution in [0.3, 0.4) is 0 Å². The molecule has 0 bridgehead atoms. The van der Waals surface area contributed by atoms with Gasteiger partial charge in [0.25, 0.3) is 0 Å². The molecule has 0 radical (unpaired) electrons. The molecule has 0 atom stereocenters. The molecule has 0 unspecified atom stereocenters. The molecule has 41 heavy (non-hydrogen) atoms. The maximum atomic E-state index is 13.5. The van der Waals surface area contributed by atoms with Crippen molar-refractivity contribution < 1.29 is 9.18 Å². The molecule has 4 heterocycles. The van der Waals surface area contributed by atoms with Gasteiger partial charge >= 0.3 is 0 Å². The van der Waals surface area contributed by atoms with Gasteiger partial charge in [0.15, 0.2) is 0 Å². The SMILES string of the molecule is O=C(Cc1ccccc1)Nc1cncc(-c2ccc3[nH]nc(-c4cc5c(-c6ccc(F)cc6)nccc5[nH]4)c3c2)c1. The first-order chi connectivity index (χ1) is 20.1. The average molecular weight is 539 g/mol. The number of aromatic amines is 2. The average Bonchev–Trinajstić information content (AvgIpc) is 3.62. The molecule has 3 aromatic carbocycles. The Morgan fingerprint density at radius 2 is 1.59 bits per heavy atom. The third-order valence-electron chi connectivity index (χ3n) is 7.05. The van der Waals surface area contributed by atoms with E-state index in [4.69, 9.17) is 0 Å². The number of pyridine rings is 2. The molecule has 198 valence electrons. The van der Waals surface area contributed by atoms with Crippen LogP contribution in [0.25, 0.3) is 55.6 Å². The largest absolute Gasteiger partial charge is 0.353 e. The zero-order valence-electron chi connectivity index (χ0n) is 21.7. The second kappa shape index (κ2) is 10.2. The van der Waals surface area contributed by atoms with Gasteiger partial charge in [0.2, 0.25) is 5.91 Å². The molecule has 7 nitrogen and oxygen atoms in total. The van der Waals surface area contributed by atoms with Crippen LogP contribution < -0.4 is 5.32 Å². The van der Waals surface area contributed by atoms with E-state index in [1.807, 2.05) is 60.7 Å². The zero-order valence-corrected chi connectivity index (χ0v) is 21.7. The summed E-state index contributed by atoms with van der Waals surface area (Å²) >= 11 is 0. The third-order valence-corrected chi connectivity index (χ3v) is 7.05. The first-order valence-corrected chi connectivity index (χ1v) is 13.1. The number of anilines is 1. The van der Waals surface area contributed by atoms with Crippen molar-refractivity contribution in [3.63, 3.8) is 0 Å². The summed E-state index contributed by atoms with van der Waals surface area (Å²) in [5.74, 6) is -0.388. The molecule has 0 aliphatic heterocycles. The molecular formula is C33H23FN6O. The smallest absolute Gasteiger partial charge is 0.228 e. The Balaban J connectivity index is 1.21. The van der Waals surface area contributed by atoms with E-state index < -0.39 is 0 Å². The summed E-state index contributed by atoms with van der Waals surface area (Å²) in [4.78, 5) is 25.0. The first-order valence-electron chi connectivity index (χ1n) is 13.1. The molecule has 0 fully saturated rings. The maximum absolute atomic E-state index is 13.5. The van der Waals surface area contributed by atoms with E-state index in [-0.39, 0.29) is 18.1 Å². The van der Waals surface area contributed by atoms with Crippen LogP contribution in [0, 0.1) is 5.82 Å². The van der Waals surface area contributed by atoms with Gasteiger partial charge in [0.1, 0.15) is 11.5 Å². The fraction of sp³-hybridized carbons (Fsp3) is 0.0303. The van der Waals surface area contributed by atoms with Gasteiger partial charge in [-0.3, -0.25) is 19.9 Å². The Bertz CT molecular complexity index is 2030. The van der Waals surface area contributed by atoms with Gasteiger partial charge in [-0.25, -0.2) is 4.39 Å². The van der Waals surface area contributed by atoms with Crippen LogP contribution in [0.1, 0.15) is 5.56 Å². The number of carbonyl (C=O) groups is 1. The number of nitrogens with zero attached hydrogens (tertiary/aromatic N) is 3. The molecule has 3 N–H and O–H groups in total. The Labute approximate surface area is 234 Å². The van der Waals surface area contributed by atoms with E-state index in [1.54, 1.807) is 30.7 Å². The molecule has 7 aromatic rings. The minimum Gasteiger partial charge on any atom is -0.353 e. The summed E-state index contributed by atoms with van der Waals surface area (Å²) < 4.78 is 13.5. The number of carbonyl (C=O) groups excluding carboxylic acids is 1. The molecule has 0 spiro atoms. The van der Waals surface area contributed by atoms with Crippen molar-refractivity contribution in [1.29, 1.82) is 0 Å². The van der Waals surface area contributed by atoms with Crippen molar-refractivity contribution in [1.82, 2.24) is 25.1 Å². The third kappa shape index (κ3) is 4.83. The van der Waals surface area contributed by atoms with Crippen LogP contribution >= 0.6 is 0 Å². The van der Waals surface area contributed by atoms with E-state index in [0.717, 1.165) is 61.1 Å². The lowest BCUT2D eigenvalue weighted by Crippen LogP contribution is -2.14. The van der Waals surface area contributed by atoms with E-state index in [9.17, 15) is 9.18 Å². The molecule has 0 saturated heterocycles. The molecule has 1 amide bonds. The lowest BCUT2D eigenvalue weighted by Gasteiger charge is -2.08. The highest BCUT2D eigenvalue weighted by Gasteiger charge is 2.15. The van der Waals surface area contributed by atoms with Crippen LogP contribution in [0.15, 0.2) is 110 Å². The molecular weight excluding hydrogens is 515 g/mol. The second-order valence-corrected chi connectivity index (χ2v) is 9.82. The van der Waals surface area contributed by atoms with Gasteiger partial charge in [-0.2, -0.15) is 5.10 Å². The Morgan fingerprint density at radius 1 is 0.780 bits per heavy atom. The van der Waals surface area contributed by atoms with Gasteiger partial charge in [0, 0.05) is 39.8 Å². The predicted octanol–water partition coefficient (Wildman–Crippen LogP) is 7.16. The summed E-state index contributed by atoms with van der Waals surface area (Å²) in [5.41, 5.74) is 8.39. The number of halogens is 1. The quantitative estimate of drug-likeness (QED) is 0.209. The van der Waals surface area contributed by atoms with Gasteiger partial charge < -0.3 is 10.3 Å². The highest BCUT2D eigenvalue weighted by Crippen LogP contribution is 2.34.